The zero-order valence-corrected chi connectivity index (χ0v) is 11.2. The third-order valence-corrected chi connectivity index (χ3v) is 2.73. The van der Waals surface area contributed by atoms with Crippen molar-refractivity contribution in [3.63, 3.8) is 0 Å². The lowest BCUT2D eigenvalue weighted by Gasteiger charge is -2.17. The Morgan fingerprint density at radius 2 is 2.20 bits per heavy atom. The molecule has 1 aromatic carbocycles. The fourth-order valence-electron chi connectivity index (χ4n) is 1.83. The van der Waals surface area contributed by atoms with Gasteiger partial charge in [-0.05, 0) is 26.0 Å². The molecular formula is C13H16F2N2O3. The number of amides is 2. The van der Waals surface area contributed by atoms with E-state index in [-0.39, 0.29) is 18.3 Å². The van der Waals surface area contributed by atoms with Crippen LogP contribution in [0.1, 0.15) is 13.8 Å². The molecule has 20 heavy (non-hydrogen) atoms. The van der Waals surface area contributed by atoms with E-state index in [4.69, 9.17) is 9.47 Å². The summed E-state index contributed by atoms with van der Waals surface area (Å²) >= 11 is 0. The van der Waals surface area contributed by atoms with Gasteiger partial charge in [-0.15, -0.1) is 0 Å². The molecule has 1 unspecified atom stereocenters. The maximum absolute atomic E-state index is 13.3. The minimum atomic E-state index is -0.705. The standard InChI is InChI=1S/C13H16F2N2O3/c1-13(2)19-7-9(20-13)6-16-12(18)17-11-5-8(14)3-4-10(11)15/h3-5,9H,6-7H2,1-2H3,(H2,16,17,18). The Labute approximate surface area is 115 Å². The second-order valence-electron chi connectivity index (χ2n) is 4.91. The molecule has 2 N–H and O–H groups in total. The van der Waals surface area contributed by atoms with E-state index in [0.717, 1.165) is 18.2 Å². The zero-order chi connectivity index (χ0) is 14.8. The Morgan fingerprint density at radius 1 is 1.45 bits per heavy atom. The van der Waals surface area contributed by atoms with Crippen molar-refractivity contribution in [1.29, 1.82) is 0 Å². The molecule has 2 rings (SSSR count). The van der Waals surface area contributed by atoms with E-state index >= 15 is 0 Å². The van der Waals surface area contributed by atoms with Gasteiger partial charge in [0.25, 0.3) is 0 Å². The second kappa shape index (κ2) is 5.72. The summed E-state index contributed by atoms with van der Waals surface area (Å²) < 4.78 is 37.1. The summed E-state index contributed by atoms with van der Waals surface area (Å²) in [6, 6.07) is 2.20. The molecule has 0 aliphatic carbocycles. The van der Waals surface area contributed by atoms with Crippen molar-refractivity contribution in [2.45, 2.75) is 25.7 Å². The van der Waals surface area contributed by atoms with Crippen LogP contribution in [0, 0.1) is 11.6 Å². The Hall–Kier alpha value is -1.73. The number of hydrogen-bond donors (Lipinski definition) is 2. The molecule has 7 heteroatoms. The van der Waals surface area contributed by atoms with Crippen molar-refractivity contribution < 1.29 is 23.0 Å². The fraction of sp³-hybridized carbons (Fsp3) is 0.462. The third-order valence-electron chi connectivity index (χ3n) is 2.73. The van der Waals surface area contributed by atoms with Gasteiger partial charge in [-0.2, -0.15) is 0 Å². The molecule has 1 aromatic rings. The van der Waals surface area contributed by atoms with Gasteiger partial charge in [0.1, 0.15) is 17.7 Å². The first-order chi connectivity index (χ1) is 9.35. The fourth-order valence-corrected chi connectivity index (χ4v) is 1.83. The second-order valence-corrected chi connectivity index (χ2v) is 4.91. The average Bonchev–Trinajstić information content (AvgIpc) is 2.71. The van der Waals surface area contributed by atoms with Crippen LogP contribution in [0.25, 0.3) is 0 Å². The summed E-state index contributed by atoms with van der Waals surface area (Å²) in [6.07, 6.45) is -0.270. The molecular weight excluding hydrogens is 270 g/mol. The number of urea groups is 1. The summed E-state index contributed by atoms with van der Waals surface area (Å²) in [5.41, 5.74) is -0.216. The van der Waals surface area contributed by atoms with Crippen molar-refractivity contribution in [1.82, 2.24) is 5.32 Å². The number of ether oxygens (including phenoxy) is 2. The van der Waals surface area contributed by atoms with E-state index < -0.39 is 23.5 Å². The lowest BCUT2D eigenvalue weighted by molar-refractivity contribution is -0.137. The molecule has 1 aliphatic heterocycles. The van der Waals surface area contributed by atoms with E-state index in [1.54, 1.807) is 13.8 Å². The first kappa shape index (κ1) is 14.7. The van der Waals surface area contributed by atoms with Crippen LogP contribution in [0.15, 0.2) is 18.2 Å². The zero-order valence-electron chi connectivity index (χ0n) is 11.2. The highest BCUT2D eigenvalue weighted by molar-refractivity contribution is 5.89. The van der Waals surface area contributed by atoms with Gasteiger partial charge in [-0.25, -0.2) is 13.6 Å². The number of rotatable bonds is 3. The molecule has 1 aliphatic rings. The smallest absolute Gasteiger partial charge is 0.319 e. The SMILES string of the molecule is CC1(C)OCC(CNC(=O)Nc2cc(F)ccc2F)O1. The summed E-state index contributed by atoms with van der Waals surface area (Å²) in [6.45, 7) is 4.12. The van der Waals surface area contributed by atoms with Crippen LogP contribution in [0.2, 0.25) is 0 Å². The van der Waals surface area contributed by atoms with Gasteiger partial charge >= 0.3 is 6.03 Å². The Morgan fingerprint density at radius 3 is 2.85 bits per heavy atom. The van der Waals surface area contributed by atoms with Gasteiger partial charge in [0.05, 0.1) is 12.3 Å². The largest absolute Gasteiger partial charge is 0.348 e. The van der Waals surface area contributed by atoms with Crippen LogP contribution in [0.3, 0.4) is 0 Å². The highest BCUT2D eigenvalue weighted by Crippen LogP contribution is 2.21. The van der Waals surface area contributed by atoms with Gasteiger partial charge in [0.2, 0.25) is 0 Å². The van der Waals surface area contributed by atoms with Crippen molar-refractivity contribution in [2.75, 3.05) is 18.5 Å². The highest BCUT2D eigenvalue weighted by Gasteiger charge is 2.32. The van der Waals surface area contributed by atoms with Crippen LogP contribution in [-0.4, -0.2) is 31.1 Å². The minimum absolute atomic E-state index is 0.214. The molecule has 1 saturated heterocycles. The van der Waals surface area contributed by atoms with Gasteiger partial charge in [0.15, 0.2) is 5.79 Å². The first-order valence-corrected chi connectivity index (χ1v) is 6.17. The van der Waals surface area contributed by atoms with Crippen LogP contribution in [-0.2, 0) is 9.47 Å². The quantitative estimate of drug-likeness (QED) is 0.896. The van der Waals surface area contributed by atoms with E-state index in [0.29, 0.717) is 6.61 Å². The number of hydrogen-bond acceptors (Lipinski definition) is 3. The molecule has 5 nitrogen and oxygen atoms in total. The molecule has 1 atom stereocenters. The van der Waals surface area contributed by atoms with Gasteiger partial charge in [0, 0.05) is 12.6 Å². The molecule has 0 spiro atoms. The van der Waals surface area contributed by atoms with Crippen molar-refractivity contribution in [3.8, 4) is 0 Å². The van der Waals surface area contributed by atoms with Crippen LogP contribution < -0.4 is 10.6 Å². The lowest BCUT2D eigenvalue weighted by atomic mass is 10.3. The number of anilines is 1. The summed E-state index contributed by atoms with van der Waals surface area (Å²) in [5, 5.41) is 4.75. The van der Waals surface area contributed by atoms with Gasteiger partial charge in [-0.1, -0.05) is 0 Å². The third kappa shape index (κ3) is 3.88. The summed E-state index contributed by atoms with van der Waals surface area (Å²) in [4.78, 5) is 11.6. The molecule has 2 amide bonds. The van der Waals surface area contributed by atoms with E-state index in [9.17, 15) is 13.6 Å². The lowest BCUT2D eigenvalue weighted by Crippen LogP contribution is -2.37. The van der Waals surface area contributed by atoms with Crippen LogP contribution in [0.4, 0.5) is 19.3 Å². The molecule has 0 bridgehead atoms. The van der Waals surface area contributed by atoms with Crippen molar-refractivity contribution in [3.05, 3.63) is 29.8 Å². The Kier molecular flexibility index (Phi) is 4.20. The van der Waals surface area contributed by atoms with E-state index in [1.165, 1.54) is 0 Å². The van der Waals surface area contributed by atoms with Crippen LogP contribution in [0.5, 0.6) is 0 Å². The number of carbonyl (C=O) groups is 1. The van der Waals surface area contributed by atoms with E-state index in [1.807, 2.05) is 0 Å². The Bertz CT molecular complexity index is 508. The van der Waals surface area contributed by atoms with Crippen molar-refractivity contribution in [2.24, 2.45) is 0 Å². The predicted octanol–water partition coefficient (Wildman–Crippen LogP) is 2.24. The number of benzene rings is 1. The normalized spacial score (nSPS) is 20.7. The monoisotopic (exact) mass is 286 g/mol. The maximum atomic E-state index is 13.3. The Balaban J connectivity index is 1.83. The number of nitrogens with one attached hydrogen (secondary N) is 2. The van der Waals surface area contributed by atoms with Crippen molar-refractivity contribution >= 4 is 11.7 Å². The minimum Gasteiger partial charge on any atom is -0.348 e. The molecule has 1 fully saturated rings. The van der Waals surface area contributed by atoms with Gasteiger partial charge in [-0.3, -0.25) is 0 Å². The summed E-state index contributed by atoms with van der Waals surface area (Å²) in [7, 11) is 0. The molecule has 0 aromatic heterocycles. The maximum Gasteiger partial charge on any atom is 0.319 e. The number of halogens is 2. The number of carbonyl (C=O) groups excluding carboxylic acids is 1. The first-order valence-electron chi connectivity index (χ1n) is 6.17. The van der Waals surface area contributed by atoms with E-state index in [2.05, 4.69) is 10.6 Å². The molecule has 110 valence electrons. The molecule has 0 radical (unpaired) electrons. The van der Waals surface area contributed by atoms with Gasteiger partial charge < -0.3 is 20.1 Å². The van der Waals surface area contributed by atoms with Crippen LogP contribution >= 0.6 is 0 Å². The molecule has 0 saturated carbocycles. The predicted molar refractivity (Wildman–Crippen MR) is 68.3 cm³/mol. The highest BCUT2D eigenvalue weighted by atomic mass is 19.1. The molecule has 1 heterocycles. The summed E-state index contributed by atoms with van der Waals surface area (Å²) in [5.74, 6) is -2.00. The topological polar surface area (TPSA) is 59.6 Å². The average molecular weight is 286 g/mol.